The second-order valence-corrected chi connectivity index (χ2v) is 5.14. The number of benzene rings is 1. The van der Waals surface area contributed by atoms with E-state index >= 15 is 0 Å². The van der Waals surface area contributed by atoms with E-state index in [0.717, 1.165) is 17.7 Å². The van der Waals surface area contributed by atoms with Gasteiger partial charge in [0.05, 0.1) is 12.7 Å². The van der Waals surface area contributed by atoms with E-state index in [4.69, 9.17) is 4.74 Å². The second kappa shape index (κ2) is 7.04. The topological polar surface area (TPSA) is 67.0 Å². The minimum absolute atomic E-state index is 0.166. The van der Waals surface area contributed by atoms with Crippen molar-refractivity contribution in [3.63, 3.8) is 0 Å². The van der Waals surface area contributed by atoms with Crippen LogP contribution in [0.1, 0.15) is 42.4 Å². The summed E-state index contributed by atoms with van der Waals surface area (Å²) in [7, 11) is 0. The predicted molar refractivity (Wildman–Crippen MR) is 82.3 cm³/mol. The highest BCUT2D eigenvalue weighted by atomic mass is 16.5. The number of carbonyl (C=O) groups is 1. The van der Waals surface area contributed by atoms with Crippen LogP contribution in [-0.2, 0) is 17.8 Å². The lowest BCUT2D eigenvalue weighted by molar-refractivity contribution is 0.0657. The van der Waals surface area contributed by atoms with Gasteiger partial charge in [0.15, 0.2) is 5.82 Å². The average Bonchev–Trinajstić information content (AvgIpc) is 2.93. The molecule has 0 atom stereocenters. The van der Waals surface area contributed by atoms with Crippen LogP contribution < -0.4 is 5.32 Å². The van der Waals surface area contributed by atoms with Crippen molar-refractivity contribution in [2.24, 2.45) is 0 Å². The van der Waals surface area contributed by atoms with Crippen molar-refractivity contribution in [3.8, 4) is 0 Å². The Balaban J connectivity index is 1.96. The van der Waals surface area contributed by atoms with Gasteiger partial charge in [-0.25, -0.2) is 0 Å². The molecule has 0 fully saturated rings. The quantitative estimate of drug-likeness (QED) is 0.857. The predicted octanol–water partition coefficient (Wildman–Crippen LogP) is 3.15. The van der Waals surface area contributed by atoms with Crippen LogP contribution in [0.3, 0.4) is 0 Å². The number of H-pyrrole nitrogens is 1. The van der Waals surface area contributed by atoms with Gasteiger partial charge in [-0.1, -0.05) is 19.1 Å². The molecule has 2 N–H and O–H groups in total. The molecule has 112 valence electrons. The molecular weight excluding hydrogens is 266 g/mol. The average molecular weight is 287 g/mol. The molecule has 0 aliphatic carbocycles. The van der Waals surface area contributed by atoms with Crippen molar-refractivity contribution >= 4 is 11.7 Å². The standard InChI is InChI=1S/C16H21N3O2/c1-4-14-9-15(19-18-14)17-16(20)13-7-5-12(6-8-13)10-21-11(2)3/h5-9,11H,4,10H2,1-3H3,(H2,17,18,19,20). The van der Waals surface area contributed by atoms with E-state index in [1.54, 1.807) is 12.1 Å². The maximum atomic E-state index is 12.1. The van der Waals surface area contributed by atoms with Crippen LogP contribution in [0, 0.1) is 0 Å². The number of hydrogen-bond acceptors (Lipinski definition) is 3. The lowest BCUT2D eigenvalue weighted by Gasteiger charge is -2.08. The van der Waals surface area contributed by atoms with E-state index in [0.29, 0.717) is 18.0 Å². The molecule has 0 aliphatic rings. The molecule has 0 aliphatic heterocycles. The Hall–Kier alpha value is -2.14. The number of aromatic nitrogens is 2. The Labute approximate surface area is 124 Å². The molecule has 2 aromatic rings. The van der Waals surface area contributed by atoms with Crippen molar-refractivity contribution in [1.29, 1.82) is 0 Å². The number of anilines is 1. The Morgan fingerprint density at radius 3 is 2.62 bits per heavy atom. The van der Waals surface area contributed by atoms with E-state index in [1.807, 2.05) is 39.0 Å². The molecule has 0 radical (unpaired) electrons. The van der Waals surface area contributed by atoms with Gasteiger partial charge in [0.25, 0.3) is 5.91 Å². The van der Waals surface area contributed by atoms with Crippen LogP contribution in [0.2, 0.25) is 0 Å². The summed E-state index contributed by atoms with van der Waals surface area (Å²) in [6.07, 6.45) is 1.05. The summed E-state index contributed by atoms with van der Waals surface area (Å²) in [5.41, 5.74) is 2.64. The summed E-state index contributed by atoms with van der Waals surface area (Å²) in [5.74, 6) is 0.379. The Kier molecular flexibility index (Phi) is 5.11. The smallest absolute Gasteiger partial charge is 0.256 e. The van der Waals surface area contributed by atoms with Crippen molar-refractivity contribution in [3.05, 3.63) is 47.2 Å². The summed E-state index contributed by atoms with van der Waals surface area (Å²) >= 11 is 0. The Bertz CT molecular complexity index is 588. The second-order valence-electron chi connectivity index (χ2n) is 5.14. The Morgan fingerprint density at radius 1 is 1.33 bits per heavy atom. The van der Waals surface area contributed by atoms with Crippen LogP contribution in [-0.4, -0.2) is 22.2 Å². The van der Waals surface area contributed by atoms with Crippen molar-refractivity contribution in [2.45, 2.75) is 39.9 Å². The SMILES string of the molecule is CCc1cc(NC(=O)c2ccc(COC(C)C)cc2)n[nH]1. The van der Waals surface area contributed by atoms with Crippen molar-refractivity contribution < 1.29 is 9.53 Å². The molecule has 0 spiro atoms. The Morgan fingerprint density at radius 2 is 2.05 bits per heavy atom. The van der Waals surface area contributed by atoms with Gasteiger partial charge in [0.1, 0.15) is 0 Å². The van der Waals surface area contributed by atoms with E-state index < -0.39 is 0 Å². The van der Waals surface area contributed by atoms with E-state index in [-0.39, 0.29) is 12.0 Å². The minimum Gasteiger partial charge on any atom is -0.374 e. The van der Waals surface area contributed by atoms with Crippen LogP contribution in [0.4, 0.5) is 5.82 Å². The fourth-order valence-corrected chi connectivity index (χ4v) is 1.81. The molecule has 5 nitrogen and oxygen atoms in total. The molecular formula is C16H21N3O2. The normalized spacial score (nSPS) is 10.9. The highest BCUT2D eigenvalue weighted by molar-refractivity contribution is 6.03. The molecule has 1 heterocycles. The maximum Gasteiger partial charge on any atom is 0.256 e. The van der Waals surface area contributed by atoms with E-state index in [1.165, 1.54) is 0 Å². The first-order valence-corrected chi connectivity index (χ1v) is 7.14. The fraction of sp³-hybridized carbons (Fsp3) is 0.375. The fourth-order valence-electron chi connectivity index (χ4n) is 1.81. The van der Waals surface area contributed by atoms with Gasteiger partial charge in [-0.3, -0.25) is 9.89 Å². The summed E-state index contributed by atoms with van der Waals surface area (Å²) in [6, 6.07) is 9.23. The number of rotatable bonds is 6. The molecule has 0 unspecified atom stereocenters. The van der Waals surface area contributed by atoms with Gasteiger partial charge in [0, 0.05) is 17.3 Å². The highest BCUT2D eigenvalue weighted by Crippen LogP contribution is 2.11. The van der Waals surface area contributed by atoms with Gasteiger partial charge >= 0.3 is 0 Å². The number of hydrogen-bond donors (Lipinski definition) is 2. The van der Waals surface area contributed by atoms with Gasteiger partial charge in [0.2, 0.25) is 0 Å². The zero-order chi connectivity index (χ0) is 15.2. The van der Waals surface area contributed by atoms with Gasteiger partial charge < -0.3 is 10.1 Å². The van der Waals surface area contributed by atoms with Crippen LogP contribution in [0.5, 0.6) is 0 Å². The number of aryl methyl sites for hydroxylation is 1. The van der Waals surface area contributed by atoms with Crippen LogP contribution >= 0.6 is 0 Å². The monoisotopic (exact) mass is 287 g/mol. The van der Waals surface area contributed by atoms with Gasteiger partial charge in [-0.15, -0.1) is 0 Å². The third-order valence-electron chi connectivity index (χ3n) is 3.05. The molecule has 1 aromatic carbocycles. The third-order valence-corrected chi connectivity index (χ3v) is 3.05. The van der Waals surface area contributed by atoms with Crippen molar-refractivity contribution in [2.75, 3.05) is 5.32 Å². The number of carbonyl (C=O) groups excluding carboxylic acids is 1. The van der Waals surface area contributed by atoms with E-state index in [2.05, 4.69) is 15.5 Å². The summed E-state index contributed by atoms with van der Waals surface area (Å²) in [6.45, 7) is 6.57. The number of amides is 1. The highest BCUT2D eigenvalue weighted by Gasteiger charge is 2.08. The molecule has 1 amide bonds. The van der Waals surface area contributed by atoms with Gasteiger partial charge in [-0.2, -0.15) is 5.10 Å². The number of ether oxygens (including phenoxy) is 1. The lowest BCUT2D eigenvalue weighted by Crippen LogP contribution is -2.12. The largest absolute Gasteiger partial charge is 0.374 e. The molecule has 1 aromatic heterocycles. The number of nitrogens with zero attached hydrogens (tertiary/aromatic N) is 1. The zero-order valence-electron chi connectivity index (χ0n) is 12.6. The first-order chi connectivity index (χ1) is 10.1. The maximum absolute atomic E-state index is 12.1. The van der Waals surface area contributed by atoms with Gasteiger partial charge in [-0.05, 0) is 38.0 Å². The molecule has 2 rings (SSSR count). The molecule has 0 bridgehead atoms. The lowest BCUT2D eigenvalue weighted by atomic mass is 10.1. The number of aromatic amines is 1. The zero-order valence-corrected chi connectivity index (χ0v) is 12.6. The van der Waals surface area contributed by atoms with E-state index in [9.17, 15) is 4.79 Å². The minimum atomic E-state index is -0.166. The summed E-state index contributed by atoms with van der Waals surface area (Å²) < 4.78 is 5.52. The number of nitrogens with one attached hydrogen (secondary N) is 2. The first-order valence-electron chi connectivity index (χ1n) is 7.14. The van der Waals surface area contributed by atoms with Crippen LogP contribution in [0.15, 0.2) is 30.3 Å². The summed E-state index contributed by atoms with van der Waals surface area (Å²) in [4.78, 5) is 12.1. The molecule has 5 heteroatoms. The van der Waals surface area contributed by atoms with Crippen LogP contribution in [0.25, 0.3) is 0 Å². The first kappa shape index (κ1) is 15.3. The third kappa shape index (κ3) is 4.43. The molecule has 0 saturated heterocycles. The summed E-state index contributed by atoms with van der Waals surface area (Å²) in [5, 5.41) is 9.68. The molecule has 0 saturated carbocycles. The van der Waals surface area contributed by atoms with Crippen molar-refractivity contribution in [1.82, 2.24) is 10.2 Å². The molecule has 21 heavy (non-hydrogen) atoms.